The minimum atomic E-state index is -0.0476. The van der Waals surface area contributed by atoms with Gasteiger partial charge in [0.2, 0.25) is 0 Å². The molecule has 0 aliphatic carbocycles. The Bertz CT molecular complexity index is 1430. The van der Waals surface area contributed by atoms with Crippen molar-refractivity contribution in [1.29, 1.82) is 5.41 Å². The Hall–Kier alpha value is -4.66. The average Bonchev–Trinajstić information content (AvgIpc) is 3.48. The zero-order valence-corrected chi connectivity index (χ0v) is 16.9. The molecule has 3 aromatic carbocycles. The monoisotopic (exact) mass is 422 g/mol. The Morgan fingerprint density at radius 3 is 2.56 bits per heavy atom. The number of para-hydroxylation sites is 1. The van der Waals surface area contributed by atoms with Crippen molar-refractivity contribution in [2.24, 2.45) is 5.73 Å². The van der Waals surface area contributed by atoms with Crippen molar-refractivity contribution in [3.8, 4) is 16.8 Å². The number of nitrogen functional groups attached to an aromatic ring is 1. The van der Waals surface area contributed by atoms with Gasteiger partial charge in [-0.1, -0.05) is 42.5 Å². The molecule has 5 rings (SSSR count). The highest BCUT2D eigenvalue weighted by Gasteiger charge is 2.13. The molecule has 2 heterocycles. The van der Waals surface area contributed by atoms with Crippen LogP contribution in [-0.4, -0.2) is 41.8 Å². The van der Waals surface area contributed by atoms with Crippen LogP contribution in [0.5, 0.6) is 0 Å². The van der Waals surface area contributed by atoms with E-state index in [1.54, 1.807) is 30.3 Å². The molecule has 9 nitrogen and oxygen atoms in total. The first-order valence-corrected chi connectivity index (χ1v) is 9.87. The largest absolute Gasteiger partial charge is 0.384 e. The summed E-state index contributed by atoms with van der Waals surface area (Å²) in [5, 5.41) is 19.4. The van der Waals surface area contributed by atoms with Crippen molar-refractivity contribution in [3.63, 3.8) is 0 Å². The highest BCUT2D eigenvalue weighted by atomic mass is 16.1. The molecule has 0 saturated heterocycles. The van der Waals surface area contributed by atoms with Crippen LogP contribution in [0.2, 0.25) is 0 Å². The predicted octanol–water partition coefficient (Wildman–Crippen LogP) is 2.92. The van der Waals surface area contributed by atoms with Crippen LogP contribution in [0, 0.1) is 5.41 Å². The number of ketones is 1. The van der Waals surface area contributed by atoms with Gasteiger partial charge in [0.25, 0.3) is 0 Å². The van der Waals surface area contributed by atoms with Crippen LogP contribution >= 0.6 is 0 Å². The molecule has 0 amide bonds. The van der Waals surface area contributed by atoms with Crippen LogP contribution in [0.4, 0.5) is 0 Å². The third-order valence-corrected chi connectivity index (χ3v) is 5.16. The van der Waals surface area contributed by atoms with Crippen molar-refractivity contribution in [3.05, 3.63) is 90.0 Å². The molecule has 0 saturated carbocycles. The van der Waals surface area contributed by atoms with Crippen molar-refractivity contribution in [2.75, 3.05) is 0 Å². The summed E-state index contributed by atoms with van der Waals surface area (Å²) in [6, 6.07) is 20.4. The van der Waals surface area contributed by atoms with Crippen LogP contribution in [0.1, 0.15) is 21.7 Å². The molecule has 4 N–H and O–H groups in total. The van der Waals surface area contributed by atoms with Crippen molar-refractivity contribution >= 4 is 22.7 Å². The molecule has 32 heavy (non-hydrogen) atoms. The molecule has 5 aromatic rings. The lowest BCUT2D eigenvalue weighted by Gasteiger charge is -2.08. The maximum atomic E-state index is 12.8. The smallest absolute Gasteiger partial charge is 0.170 e. The van der Waals surface area contributed by atoms with Gasteiger partial charge in [-0.05, 0) is 35.0 Å². The lowest BCUT2D eigenvalue weighted by Crippen LogP contribution is -2.10. The number of aromatic nitrogens is 6. The van der Waals surface area contributed by atoms with Crippen molar-refractivity contribution in [1.82, 2.24) is 30.2 Å². The number of tetrazole rings is 1. The zero-order valence-electron chi connectivity index (χ0n) is 16.9. The number of nitrogens with one attached hydrogen (secondary N) is 2. The lowest BCUT2D eigenvalue weighted by molar-refractivity contribution is 0.0991. The van der Waals surface area contributed by atoms with E-state index in [2.05, 4.69) is 25.4 Å². The van der Waals surface area contributed by atoms with E-state index in [4.69, 9.17) is 11.1 Å². The molecule has 2 aromatic heterocycles. The molecule has 0 atom stereocenters. The summed E-state index contributed by atoms with van der Waals surface area (Å²) in [5.74, 6) is 0.506. The number of H-pyrrole nitrogens is 1. The molecule has 0 fully saturated rings. The third-order valence-electron chi connectivity index (χ3n) is 5.16. The second kappa shape index (κ2) is 7.88. The van der Waals surface area contributed by atoms with E-state index in [-0.39, 0.29) is 18.0 Å². The van der Waals surface area contributed by atoms with Gasteiger partial charge in [0.1, 0.15) is 11.7 Å². The van der Waals surface area contributed by atoms with E-state index < -0.39 is 0 Å². The maximum absolute atomic E-state index is 12.8. The standard InChI is InChI=1S/C23H18N8O/c24-23(25)16-9-10-18-19(11-16)29-22(28-18)12-21(32)15-7-5-14(6-8-15)17-3-1-2-4-20(17)31-27-13-26-30-31/h1-11,13H,12H2,(H3,24,25)(H,28,29). The molecule has 0 bridgehead atoms. The fraction of sp³-hybridized carbons (Fsp3) is 0.0435. The van der Waals surface area contributed by atoms with Gasteiger partial charge >= 0.3 is 0 Å². The first-order valence-electron chi connectivity index (χ1n) is 9.87. The van der Waals surface area contributed by atoms with Gasteiger partial charge in [0.15, 0.2) is 12.1 Å². The Kier molecular flexibility index (Phi) is 4.75. The Labute approximate surface area is 182 Å². The number of hydrogen-bond acceptors (Lipinski definition) is 6. The van der Waals surface area contributed by atoms with Crippen molar-refractivity contribution in [2.45, 2.75) is 6.42 Å². The molecule has 0 aliphatic heterocycles. The van der Waals surface area contributed by atoms with Gasteiger partial charge in [0, 0.05) is 16.7 Å². The van der Waals surface area contributed by atoms with Crippen molar-refractivity contribution < 1.29 is 4.79 Å². The molecule has 0 radical (unpaired) electrons. The van der Waals surface area contributed by atoms with E-state index in [0.29, 0.717) is 17.0 Å². The van der Waals surface area contributed by atoms with E-state index in [9.17, 15) is 4.79 Å². The van der Waals surface area contributed by atoms with Crippen LogP contribution in [0.15, 0.2) is 73.1 Å². The van der Waals surface area contributed by atoms with Gasteiger partial charge in [-0.15, -0.1) is 15.0 Å². The van der Waals surface area contributed by atoms with E-state index >= 15 is 0 Å². The number of amidine groups is 1. The lowest BCUT2D eigenvalue weighted by atomic mass is 10.00. The summed E-state index contributed by atoms with van der Waals surface area (Å²) in [6.45, 7) is 0. The molecule has 0 spiro atoms. The van der Waals surface area contributed by atoms with Crippen LogP contribution in [0.3, 0.4) is 0 Å². The van der Waals surface area contributed by atoms with E-state index in [1.165, 1.54) is 11.1 Å². The molecule has 0 aliphatic rings. The first kappa shape index (κ1) is 19.3. The topological polar surface area (TPSA) is 139 Å². The van der Waals surface area contributed by atoms with Gasteiger partial charge < -0.3 is 10.7 Å². The summed E-state index contributed by atoms with van der Waals surface area (Å²) >= 11 is 0. The maximum Gasteiger partial charge on any atom is 0.170 e. The molecule has 0 unspecified atom stereocenters. The summed E-state index contributed by atoms with van der Waals surface area (Å²) in [7, 11) is 0. The average molecular weight is 422 g/mol. The number of nitrogens with two attached hydrogens (primary N) is 1. The fourth-order valence-electron chi connectivity index (χ4n) is 3.57. The van der Waals surface area contributed by atoms with Gasteiger partial charge in [-0.2, -0.15) is 0 Å². The number of benzene rings is 3. The SMILES string of the molecule is N=C(N)c1ccc2nc(CC(=O)c3ccc(-c4ccccc4-n4ncnn4)cc3)[nH]c2c1. The summed E-state index contributed by atoms with van der Waals surface area (Å²) in [5.41, 5.74) is 10.9. The summed E-state index contributed by atoms with van der Waals surface area (Å²) in [4.78, 5) is 21.9. The number of Topliss-reactive ketones (excluding diaryl/α,β-unsaturated/α-hetero) is 1. The van der Waals surface area contributed by atoms with E-state index in [1.807, 2.05) is 36.4 Å². The quantitative estimate of drug-likeness (QED) is 0.218. The highest BCUT2D eigenvalue weighted by molar-refractivity contribution is 5.99. The van der Waals surface area contributed by atoms with Crippen LogP contribution in [0.25, 0.3) is 27.8 Å². The minimum Gasteiger partial charge on any atom is -0.384 e. The normalized spacial score (nSPS) is 11.0. The molecular weight excluding hydrogens is 404 g/mol. The van der Waals surface area contributed by atoms with Gasteiger partial charge in [-0.3, -0.25) is 10.2 Å². The van der Waals surface area contributed by atoms with Gasteiger partial charge in [0.05, 0.1) is 23.1 Å². The zero-order chi connectivity index (χ0) is 22.1. The second-order valence-electron chi connectivity index (χ2n) is 7.25. The summed E-state index contributed by atoms with van der Waals surface area (Å²) < 4.78 is 0. The highest BCUT2D eigenvalue weighted by Crippen LogP contribution is 2.26. The Balaban J connectivity index is 1.38. The minimum absolute atomic E-state index is 0.0135. The van der Waals surface area contributed by atoms with Crippen LogP contribution in [-0.2, 0) is 6.42 Å². The van der Waals surface area contributed by atoms with Crippen LogP contribution < -0.4 is 5.73 Å². The number of hydrogen-bond donors (Lipinski definition) is 3. The summed E-state index contributed by atoms with van der Waals surface area (Å²) in [6.07, 6.45) is 1.53. The fourth-order valence-corrected chi connectivity index (χ4v) is 3.57. The number of imidazole rings is 1. The number of carbonyl (C=O) groups excluding carboxylic acids is 1. The van der Waals surface area contributed by atoms with Gasteiger partial charge in [-0.25, -0.2) is 4.98 Å². The molecular formula is C23H18N8O. The first-order chi connectivity index (χ1) is 15.6. The number of aromatic amines is 1. The molecule has 156 valence electrons. The Morgan fingerprint density at radius 1 is 1.03 bits per heavy atom. The number of carbonyl (C=O) groups is 1. The predicted molar refractivity (Wildman–Crippen MR) is 120 cm³/mol. The molecule has 9 heteroatoms. The van der Waals surface area contributed by atoms with E-state index in [0.717, 1.165) is 27.8 Å². The number of rotatable bonds is 6. The Morgan fingerprint density at radius 2 is 1.81 bits per heavy atom. The second-order valence-corrected chi connectivity index (χ2v) is 7.25. The number of nitrogens with zero attached hydrogens (tertiary/aromatic N) is 5. The number of fused-ring (bicyclic) bond motifs is 1. The third kappa shape index (κ3) is 3.63.